The van der Waals surface area contributed by atoms with E-state index in [1.165, 1.54) is 25.7 Å². The molecule has 0 aromatic heterocycles. The van der Waals surface area contributed by atoms with Crippen LogP contribution >= 0.6 is 0 Å². The molecule has 0 fully saturated rings. The van der Waals surface area contributed by atoms with Gasteiger partial charge in [-0.25, -0.2) is 0 Å². The lowest BCUT2D eigenvalue weighted by molar-refractivity contribution is 0.0812. The van der Waals surface area contributed by atoms with E-state index in [0.717, 1.165) is 12.8 Å². The molecule has 2 nitrogen and oxygen atoms in total. The zero-order valence-corrected chi connectivity index (χ0v) is 12.4. The van der Waals surface area contributed by atoms with Crippen LogP contribution in [0.25, 0.3) is 0 Å². The maximum atomic E-state index is 11.7. The van der Waals surface area contributed by atoms with E-state index < -0.39 is 0 Å². The molecule has 2 heteroatoms. The smallest absolute Gasteiger partial charge is 0.188 e. The summed E-state index contributed by atoms with van der Waals surface area (Å²) in [5.41, 5.74) is 0.691. The third kappa shape index (κ3) is 7.76. The molecule has 108 valence electrons. The third-order valence-electron chi connectivity index (χ3n) is 3.03. The van der Waals surface area contributed by atoms with E-state index >= 15 is 0 Å². The zero-order chi connectivity index (χ0) is 14.5. The van der Waals surface area contributed by atoms with Crippen molar-refractivity contribution in [3.8, 4) is 11.8 Å². The summed E-state index contributed by atoms with van der Waals surface area (Å²) in [7, 11) is 0. The van der Waals surface area contributed by atoms with Crippen LogP contribution in [0.2, 0.25) is 0 Å². The van der Waals surface area contributed by atoms with Gasteiger partial charge >= 0.3 is 0 Å². The molecule has 0 bridgehead atoms. The molecule has 1 aromatic carbocycles. The van der Waals surface area contributed by atoms with Crippen molar-refractivity contribution >= 4 is 5.78 Å². The van der Waals surface area contributed by atoms with E-state index in [1.807, 2.05) is 18.2 Å². The molecule has 1 aromatic rings. The average Bonchev–Trinajstić information content (AvgIpc) is 2.50. The molecule has 20 heavy (non-hydrogen) atoms. The van der Waals surface area contributed by atoms with Gasteiger partial charge in [0.1, 0.15) is 13.2 Å². The van der Waals surface area contributed by atoms with E-state index in [0.29, 0.717) is 12.2 Å². The summed E-state index contributed by atoms with van der Waals surface area (Å²) < 4.78 is 5.27. The number of rotatable bonds is 9. The fourth-order valence-corrected chi connectivity index (χ4v) is 1.86. The number of ketones is 1. The first-order chi connectivity index (χ1) is 9.84. The van der Waals surface area contributed by atoms with Crippen LogP contribution in [0.3, 0.4) is 0 Å². The summed E-state index contributed by atoms with van der Waals surface area (Å²) in [6.45, 7) is 2.66. The van der Waals surface area contributed by atoms with Crippen LogP contribution in [0.4, 0.5) is 0 Å². The summed E-state index contributed by atoms with van der Waals surface area (Å²) in [5.74, 6) is 6.05. The fourth-order valence-electron chi connectivity index (χ4n) is 1.86. The van der Waals surface area contributed by atoms with E-state index in [1.54, 1.807) is 12.1 Å². The molecule has 0 aliphatic carbocycles. The van der Waals surface area contributed by atoms with E-state index in [2.05, 4.69) is 18.8 Å². The van der Waals surface area contributed by atoms with Gasteiger partial charge in [-0.3, -0.25) is 4.79 Å². The van der Waals surface area contributed by atoms with Crippen LogP contribution in [0.15, 0.2) is 30.3 Å². The Hall–Kier alpha value is -1.59. The normalized spacial score (nSPS) is 9.85. The average molecular weight is 272 g/mol. The van der Waals surface area contributed by atoms with Crippen LogP contribution in [-0.2, 0) is 4.74 Å². The Morgan fingerprint density at radius 3 is 2.55 bits per heavy atom. The number of carbonyl (C=O) groups is 1. The van der Waals surface area contributed by atoms with Gasteiger partial charge < -0.3 is 4.74 Å². The first-order valence-corrected chi connectivity index (χ1v) is 7.46. The van der Waals surface area contributed by atoms with Crippen LogP contribution in [0.5, 0.6) is 0 Å². The van der Waals surface area contributed by atoms with Crippen molar-refractivity contribution in [3.05, 3.63) is 35.9 Å². The Labute approximate surface area is 122 Å². The maximum absolute atomic E-state index is 11.7. The number of hydrogen-bond donors (Lipinski definition) is 0. The van der Waals surface area contributed by atoms with Gasteiger partial charge in [0.2, 0.25) is 0 Å². The Balaban J connectivity index is 2.03. The number of Topliss-reactive ketones (excluding diaryl/α,β-unsaturated/α-hetero) is 1. The minimum absolute atomic E-state index is 0.00645. The Bertz CT molecular complexity index is 426. The second kappa shape index (κ2) is 11.3. The monoisotopic (exact) mass is 272 g/mol. The van der Waals surface area contributed by atoms with Crippen LogP contribution < -0.4 is 0 Å². The van der Waals surface area contributed by atoms with Gasteiger partial charge in [-0.2, -0.15) is 0 Å². The SMILES string of the molecule is CCCCCCCC#CCOCC(=O)c1ccccc1. The highest BCUT2D eigenvalue weighted by molar-refractivity contribution is 5.96. The largest absolute Gasteiger partial charge is 0.361 e. The third-order valence-corrected chi connectivity index (χ3v) is 3.03. The van der Waals surface area contributed by atoms with Crippen molar-refractivity contribution in [3.63, 3.8) is 0 Å². The number of benzene rings is 1. The van der Waals surface area contributed by atoms with Crippen LogP contribution in [-0.4, -0.2) is 19.0 Å². The maximum Gasteiger partial charge on any atom is 0.188 e. The molecule has 0 saturated heterocycles. The summed E-state index contributed by atoms with van der Waals surface area (Å²) in [4.78, 5) is 11.7. The van der Waals surface area contributed by atoms with Gasteiger partial charge in [0.15, 0.2) is 5.78 Å². The van der Waals surface area contributed by atoms with Gasteiger partial charge in [0.05, 0.1) is 0 Å². The summed E-state index contributed by atoms with van der Waals surface area (Å²) in [5, 5.41) is 0. The minimum Gasteiger partial charge on any atom is -0.361 e. The Morgan fingerprint density at radius 2 is 1.80 bits per heavy atom. The molecule has 0 unspecified atom stereocenters. The number of unbranched alkanes of at least 4 members (excludes halogenated alkanes) is 5. The van der Waals surface area contributed by atoms with E-state index in [4.69, 9.17) is 4.74 Å². The summed E-state index contributed by atoms with van der Waals surface area (Å²) in [6.07, 6.45) is 7.25. The number of hydrogen-bond acceptors (Lipinski definition) is 2. The number of carbonyl (C=O) groups excluding carboxylic acids is 1. The van der Waals surface area contributed by atoms with Crippen LogP contribution in [0.1, 0.15) is 55.8 Å². The van der Waals surface area contributed by atoms with Crippen molar-refractivity contribution in [2.45, 2.75) is 45.4 Å². The van der Waals surface area contributed by atoms with Gasteiger partial charge in [0.25, 0.3) is 0 Å². The van der Waals surface area contributed by atoms with Gasteiger partial charge in [-0.15, -0.1) is 5.92 Å². The molecule has 0 aliphatic heterocycles. The fraction of sp³-hybridized carbons (Fsp3) is 0.500. The molecule has 0 spiro atoms. The quantitative estimate of drug-likeness (QED) is 0.381. The molecular weight excluding hydrogens is 248 g/mol. The molecule has 0 aliphatic rings. The predicted octanol–water partition coefficient (Wildman–Crippen LogP) is 4.25. The lowest BCUT2D eigenvalue weighted by Crippen LogP contribution is -2.08. The van der Waals surface area contributed by atoms with E-state index in [-0.39, 0.29) is 12.4 Å². The standard InChI is InChI=1S/C18H24O2/c1-2-3-4-5-6-7-8-12-15-20-16-18(19)17-13-10-9-11-14-17/h9-11,13-14H,2-7,15-16H2,1H3. The van der Waals surface area contributed by atoms with Crippen molar-refractivity contribution in [2.75, 3.05) is 13.2 Å². The topological polar surface area (TPSA) is 26.3 Å². The highest BCUT2D eigenvalue weighted by Crippen LogP contribution is 2.04. The lowest BCUT2D eigenvalue weighted by Gasteiger charge is -1.99. The highest BCUT2D eigenvalue weighted by Gasteiger charge is 2.03. The Kier molecular flexibility index (Phi) is 9.26. The highest BCUT2D eigenvalue weighted by atomic mass is 16.5. The van der Waals surface area contributed by atoms with Gasteiger partial charge in [-0.05, 0) is 6.42 Å². The van der Waals surface area contributed by atoms with Crippen molar-refractivity contribution in [1.82, 2.24) is 0 Å². The lowest BCUT2D eigenvalue weighted by atomic mass is 10.1. The molecule has 0 atom stereocenters. The molecule has 0 heterocycles. The van der Waals surface area contributed by atoms with Crippen molar-refractivity contribution in [2.24, 2.45) is 0 Å². The van der Waals surface area contributed by atoms with Gasteiger partial charge in [-0.1, -0.05) is 68.9 Å². The molecule has 0 saturated carbocycles. The minimum atomic E-state index is 0.00645. The van der Waals surface area contributed by atoms with Gasteiger partial charge in [0, 0.05) is 12.0 Å². The second-order valence-electron chi connectivity index (χ2n) is 4.80. The first-order valence-electron chi connectivity index (χ1n) is 7.46. The van der Waals surface area contributed by atoms with Crippen molar-refractivity contribution in [1.29, 1.82) is 0 Å². The van der Waals surface area contributed by atoms with E-state index in [9.17, 15) is 4.79 Å². The molecular formula is C18H24O2. The predicted molar refractivity (Wildman–Crippen MR) is 82.7 cm³/mol. The van der Waals surface area contributed by atoms with Crippen LogP contribution in [0, 0.1) is 11.8 Å². The second-order valence-corrected chi connectivity index (χ2v) is 4.80. The molecule has 0 radical (unpaired) electrons. The van der Waals surface area contributed by atoms with Crippen molar-refractivity contribution < 1.29 is 9.53 Å². The molecule has 1 rings (SSSR count). The summed E-state index contributed by atoms with van der Waals surface area (Å²) >= 11 is 0. The number of ether oxygens (including phenoxy) is 1. The first kappa shape index (κ1) is 16.5. The molecule has 0 amide bonds. The molecule has 0 N–H and O–H groups in total. The zero-order valence-electron chi connectivity index (χ0n) is 12.4. The summed E-state index contributed by atoms with van der Waals surface area (Å²) in [6, 6.07) is 9.20. The Morgan fingerprint density at radius 1 is 1.05 bits per heavy atom.